The third-order valence-corrected chi connectivity index (χ3v) is 4.03. The summed E-state index contributed by atoms with van der Waals surface area (Å²) >= 11 is 0. The number of carbonyl (C=O) groups is 1. The number of nitrogens with zero attached hydrogens (tertiary/aromatic N) is 3. The molecule has 0 saturated carbocycles. The molecular weight excluding hydrogens is 316 g/mol. The molecule has 0 fully saturated rings. The van der Waals surface area contributed by atoms with Gasteiger partial charge < -0.3 is 9.73 Å². The molecule has 0 atom stereocenters. The number of carbonyl (C=O) groups excluding carboxylic acids is 1. The van der Waals surface area contributed by atoms with Crippen molar-refractivity contribution in [2.24, 2.45) is 7.05 Å². The zero-order valence-corrected chi connectivity index (χ0v) is 13.9. The summed E-state index contributed by atoms with van der Waals surface area (Å²) in [5, 5.41) is 7.01. The molecule has 4 rings (SSSR count). The summed E-state index contributed by atoms with van der Waals surface area (Å²) in [6, 6.07) is 16.7. The fourth-order valence-electron chi connectivity index (χ4n) is 2.56. The SMILES string of the molecule is Cc1cc(C(=O)Nc2ccc(-c3nc4ccccc4o3)cc2)nn1C. The monoisotopic (exact) mass is 332 g/mol. The van der Waals surface area contributed by atoms with Crippen LogP contribution in [0.3, 0.4) is 0 Å². The number of aromatic nitrogens is 3. The van der Waals surface area contributed by atoms with Crippen LogP contribution in [0.1, 0.15) is 16.2 Å². The number of para-hydroxylation sites is 2. The summed E-state index contributed by atoms with van der Waals surface area (Å²) in [7, 11) is 1.81. The first kappa shape index (κ1) is 15.1. The number of benzene rings is 2. The van der Waals surface area contributed by atoms with Gasteiger partial charge in [-0.15, -0.1) is 0 Å². The molecule has 2 aromatic carbocycles. The van der Waals surface area contributed by atoms with E-state index >= 15 is 0 Å². The summed E-state index contributed by atoms with van der Waals surface area (Å²) < 4.78 is 7.42. The van der Waals surface area contributed by atoms with Gasteiger partial charge in [-0.05, 0) is 49.4 Å². The number of rotatable bonds is 3. The van der Waals surface area contributed by atoms with Crippen LogP contribution < -0.4 is 5.32 Å². The van der Waals surface area contributed by atoms with Gasteiger partial charge in [-0.1, -0.05) is 12.1 Å². The van der Waals surface area contributed by atoms with Gasteiger partial charge in [0.2, 0.25) is 5.89 Å². The van der Waals surface area contributed by atoms with E-state index in [1.54, 1.807) is 17.8 Å². The number of nitrogens with one attached hydrogen (secondary N) is 1. The quantitative estimate of drug-likeness (QED) is 0.619. The Morgan fingerprint density at radius 1 is 1.12 bits per heavy atom. The number of fused-ring (bicyclic) bond motifs is 1. The van der Waals surface area contributed by atoms with Crippen molar-refractivity contribution < 1.29 is 9.21 Å². The maximum atomic E-state index is 12.2. The Kier molecular flexibility index (Phi) is 3.57. The predicted molar refractivity (Wildman–Crippen MR) is 95.3 cm³/mol. The van der Waals surface area contributed by atoms with Gasteiger partial charge in [0.15, 0.2) is 11.3 Å². The van der Waals surface area contributed by atoms with Crippen LogP contribution in [0.2, 0.25) is 0 Å². The molecule has 0 aliphatic carbocycles. The number of hydrogen-bond donors (Lipinski definition) is 1. The van der Waals surface area contributed by atoms with E-state index in [2.05, 4.69) is 15.4 Å². The molecule has 0 spiro atoms. The molecule has 0 unspecified atom stereocenters. The smallest absolute Gasteiger partial charge is 0.276 e. The van der Waals surface area contributed by atoms with E-state index in [-0.39, 0.29) is 5.91 Å². The maximum absolute atomic E-state index is 12.2. The normalized spacial score (nSPS) is 11.0. The Morgan fingerprint density at radius 3 is 2.56 bits per heavy atom. The minimum atomic E-state index is -0.238. The van der Waals surface area contributed by atoms with Gasteiger partial charge in [-0.3, -0.25) is 9.48 Å². The van der Waals surface area contributed by atoms with Crippen LogP contribution in [-0.2, 0) is 7.05 Å². The van der Waals surface area contributed by atoms with Crippen LogP contribution in [0.4, 0.5) is 5.69 Å². The summed E-state index contributed by atoms with van der Waals surface area (Å²) in [6.45, 7) is 1.90. The molecule has 0 aliphatic heterocycles. The van der Waals surface area contributed by atoms with Crippen LogP contribution in [-0.4, -0.2) is 20.7 Å². The molecule has 0 saturated heterocycles. The summed E-state index contributed by atoms with van der Waals surface area (Å²) in [5.74, 6) is 0.317. The first-order chi connectivity index (χ1) is 12.1. The van der Waals surface area contributed by atoms with Gasteiger partial charge in [0.25, 0.3) is 5.91 Å². The average Bonchev–Trinajstić information content (AvgIpc) is 3.19. The molecule has 124 valence electrons. The third-order valence-electron chi connectivity index (χ3n) is 4.03. The van der Waals surface area contributed by atoms with E-state index in [9.17, 15) is 4.79 Å². The molecule has 0 aliphatic rings. The Labute approximate surface area is 144 Å². The molecule has 6 heteroatoms. The fraction of sp³-hybridized carbons (Fsp3) is 0.105. The van der Waals surface area contributed by atoms with E-state index < -0.39 is 0 Å². The third kappa shape index (κ3) is 2.89. The molecule has 2 heterocycles. The first-order valence-corrected chi connectivity index (χ1v) is 7.88. The van der Waals surface area contributed by atoms with Crippen molar-refractivity contribution in [1.82, 2.24) is 14.8 Å². The molecule has 1 N–H and O–H groups in total. The van der Waals surface area contributed by atoms with E-state index in [0.717, 1.165) is 22.4 Å². The van der Waals surface area contributed by atoms with Crippen LogP contribution in [0.15, 0.2) is 59.0 Å². The Bertz CT molecular complexity index is 1010. The molecule has 4 aromatic rings. The lowest BCUT2D eigenvalue weighted by atomic mass is 10.2. The van der Waals surface area contributed by atoms with Crippen molar-refractivity contribution in [3.05, 3.63) is 66.0 Å². The number of amides is 1. The lowest BCUT2D eigenvalue weighted by Crippen LogP contribution is -2.12. The van der Waals surface area contributed by atoms with E-state index in [1.807, 2.05) is 55.5 Å². The van der Waals surface area contributed by atoms with E-state index in [1.165, 1.54) is 0 Å². The number of oxazole rings is 1. The number of anilines is 1. The minimum absolute atomic E-state index is 0.238. The van der Waals surface area contributed by atoms with Crippen molar-refractivity contribution in [3.8, 4) is 11.5 Å². The lowest BCUT2D eigenvalue weighted by molar-refractivity contribution is 0.102. The van der Waals surface area contributed by atoms with Gasteiger partial charge in [0.05, 0.1) is 0 Å². The van der Waals surface area contributed by atoms with Gasteiger partial charge in [0, 0.05) is 24.0 Å². The second-order valence-corrected chi connectivity index (χ2v) is 5.81. The van der Waals surface area contributed by atoms with Crippen LogP contribution in [0.5, 0.6) is 0 Å². The van der Waals surface area contributed by atoms with Crippen molar-refractivity contribution in [2.45, 2.75) is 6.92 Å². The second kappa shape index (κ2) is 5.90. The maximum Gasteiger partial charge on any atom is 0.276 e. The number of aryl methyl sites for hydroxylation is 2. The zero-order chi connectivity index (χ0) is 17.4. The molecule has 25 heavy (non-hydrogen) atoms. The van der Waals surface area contributed by atoms with Crippen LogP contribution in [0.25, 0.3) is 22.6 Å². The van der Waals surface area contributed by atoms with Crippen molar-refractivity contribution in [1.29, 1.82) is 0 Å². The highest BCUT2D eigenvalue weighted by atomic mass is 16.3. The van der Waals surface area contributed by atoms with Crippen LogP contribution in [0, 0.1) is 6.92 Å². The summed E-state index contributed by atoms with van der Waals surface area (Å²) in [6.07, 6.45) is 0. The Morgan fingerprint density at radius 2 is 1.88 bits per heavy atom. The molecule has 0 bridgehead atoms. The highest BCUT2D eigenvalue weighted by Crippen LogP contribution is 2.25. The predicted octanol–water partition coefficient (Wildman–Crippen LogP) is 3.79. The minimum Gasteiger partial charge on any atom is -0.436 e. The average molecular weight is 332 g/mol. The van der Waals surface area contributed by atoms with Crippen molar-refractivity contribution in [3.63, 3.8) is 0 Å². The zero-order valence-electron chi connectivity index (χ0n) is 13.9. The Hall–Kier alpha value is -3.41. The van der Waals surface area contributed by atoms with E-state index in [4.69, 9.17) is 4.42 Å². The highest BCUT2D eigenvalue weighted by Gasteiger charge is 2.12. The molecule has 0 radical (unpaired) electrons. The van der Waals surface area contributed by atoms with E-state index in [0.29, 0.717) is 17.3 Å². The van der Waals surface area contributed by atoms with Gasteiger partial charge in [0.1, 0.15) is 5.52 Å². The number of hydrogen-bond acceptors (Lipinski definition) is 4. The van der Waals surface area contributed by atoms with Gasteiger partial charge >= 0.3 is 0 Å². The summed E-state index contributed by atoms with van der Waals surface area (Å²) in [5.41, 5.74) is 4.43. The molecular formula is C19H16N4O2. The van der Waals surface area contributed by atoms with Gasteiger partial charge in [-0.25, -0.2) is 4.98 Å². The lowest BCUT2D eigenvalue weighted by Gasteiger charge is -2.03. The van der Waals surface area contributed by atoms with Gasteiger partial charge in [-0.2, -0.15) is 5.10 Å². The largest absolute Gasteiger partial charge is 0.436 e. The highest BCUT2D eigenvalue weighted by molar-refractivity contribution is 6.03. The fourth-order valence-corrected chi connectivity index (χ4v) is 2.56. The topological polar surface area (TPSA) is 73.0 Å². The molecule has 2 aromatic heterocycles. The summed E-state index contributed by atoms with van der Waals surface area (Å²) in [4.78, 5) is 16.7. The Balaban J connectivity index is 1.54. The van der Waals surface area contributed by atoms with Crippen molar-refractivity contribution in [2.75, 3.05) is 5.32 Å². The molecule has 6 nitrogen and oxygen atoms in total. The standard InChI is InChI=1S/C19H16N4O2/c1-12-11-16(22-23(12)2)18(24)20-14-9-7-13(8-10-14)19-21-15-5-3-4-6-17(15)25-19/h3-11H,1-2H3,(H,20,24). The second-order valence-electron chi connectivity index (χ2n) is 5.81. The van der Waals surface area contributed by atoms with Crippen LogP contribution >= 0.6 is 0 Å². The first-order valence-electron chi connectivity index (χ1n) is 7.88. The molecule has 1 amide bonds. The van der Waals surface area contributed by atoms with Crippen molar-refractivity contribution >= 4 is 22.7 Å².